The van der Waals surface area contributed by atoms with Crippen LogP contribution in [0.4, 0.5) is 11.4 Å². The molecule has 2 N–H and O–H groups in total. The molecule has 7 atom stereocenters. The third kappa shape index (κ3) is 13.9. The summed E-state index contributed by atoms with van der Waals surface area (Å²) in [6.45, 7) is 18.8. The van der Waals surface area contributed by atoms with Crippen LogP contribution in [-0.2, 0) is 6.42 Å². The number of rotatable bonds is 22. The van der Waals surface area contributed by atoms with Gasteiger partial charge in [-0.1, -0.05) is 194 Å². The van der Waals surface area contributed by atoms with E-state index in [1.54, 1.807) is 16.7 Å². The summed E-state index contributed by atoms with van der Waals surface area (Å²) in [6.07, 6.45) is 41.3. The van der Waals surface area contributed by atoms with Gasteiger partial charge in [0.05, 0.1) is 0 Å². The third-order valence-electron chi connectivity index (χ3n) is 15.5. The van der Waals surface area contributed by atoms with E-state index in [4.69, 9.17) is 0 Å². The Morgan fingerprint density at radius 2 is 1.36 bits per heavy atom. The molecule has 0 spiro atoms. The first-order valence-corrected chi connectivity index (χ1v) is 27.0. The number of nitrogens with one attached hydrogen (secondary N) is 2. The first kappa shape index (κ1) is 49.6. The van der Waals surface area contributed by atoms with Crippen molar-refractivity contribution in [2.75, 3.05) is 10.6 Å². The largest absolute Gasteiger partial charge is 0.379 e. The highest BCUT2D eigenvalue weighted by molar-refractivity contribution is 5.75. The Morgan fingerprint density at radius 3 is 2.02 bits per heavy atom. The Balaban J connectivity index is 1.04. The van der Waals surface area contributed by atoms with E-state index >= 15 is 0 Å². The normalized spacial score (nSPS) is 24.2. The van der Waals surface area contributed by atoms with Gasteiger partial charge < -0.3 is 10.6 Å². The van der Waals surface area contributed by atoms with Crippen LogP contribution in [0.1, 0.15) is 191 Å². The summed E-state index contributed by atoms with van der Waals surface area (Å²) in [5.41, 5.74) is 15.9. The number of unbranched alkanes of at least 4 members (excludes halogenated alkanes) is 6. The topological polar surface area (TPSA) is 24.1 Å². The molecule has 0 fully saturated rings. The van der Waals surface area contributed by atoms with E-state index in [0.29, 0.717) is 53.5 Å². The minimum Gasteiger partial charge on any atom is -0.379 e. The van der Waals surface area contributed by atoms with E-state index in [1.165, 1.54) is 135 Å². The van der Waals surface area contributed by atoms with Gasteiger partial charge in [0, 0.05) is 35.3 Å². The van der Waals surface area contributed by atoms with Crippen molar-refractivity contribution >= 4 is 16.9 Å². The molecule has 2 nitrogen and oxygen atoms in total. The molecule has 0 amide bonds. The van der Waals surface area contributed by atoms with Crippen molar-refractivity contribution in [3.63, 3.8) is 0 Å². The second kappa shape index (κ2) is 24.6. The molecule has 7 unspecified atom stereocenters. The molecule has 7 rings (SSSR count). The van der Waals surface area contributed by atoms with Gasteiger partial charge in [0.15, 0.2) is 0 Å². The summed E-state index contributed by atoms with van der Waals surface area (Å²) in [5.74, 6) is 4.36. The van der Waals surface area contributed by atoms with Gasteiger partial charge in [-0.25, -0.2) is 0 Å². The summed E-state index contributed by atoms with van der Waals surface area (Å²) in [7, 11) is 0. The fourth-order valence-corrected chi connectivity index (χ4v) is 12.0. The lowest BCUT2D eigenvalue weighted by molar-refractivity contribution is 0.253. The molecule has 3 aromatic rings. The van der Waals surface area contributed by atoms with Crippen molar-refractivity contribution in [2.45, 2.75) is 188 Å². The maximum absolute atomic E-state index is 3.95. The molecule has 0 aliphatic heterocycles. The second-order valence-electron chi connectivity index (χ2n) is 21.9. The predicted molar refractivity (Wildman–Crippen MR) is 290 cm³/mol. The number of anilines is 2. The smallest absolute Gasteiger partial charge is 0.0482 e. The Kier molecular flexibility index (Phi) is 18.5. The van der Waals surface area contributed by atoms with Crippen LogP contribution in [0.3, 0.4) is 0 Å². The van der Waals surface area contributed by atoms with Gasteiger partial charge in [0.2, 0.25) is 0 Å². The van der Waals surface area contributed by atoms with Gasteiger partial charge in [-0.2, -0.15) is 0 Å². The molecular weight excluding hydrogens is 797 g/mol. The summed E-state index contributed by atoms with van der Waals surface area (Å²) in [4.78, 5) is 0. The molecule has 0 radical (unpaired) electrons. The third-order valence-corrected chi connectivity index (χ3v) is 15.5. The number of aryl methyl sites for hydroxylation is 1. The van der Waals surface area contributed by atoms with E-state index in [-0.39, 0.29) is 0 Å². The lowest BCUT2D eigenvalue weighted by atomic mass is 9.63. The van der Waals surface area contributed by atoms with Crippen LogP contribution in [0.15, 0.2) is 132 Å². The molecule has 0 aromatic heterocycles. The number of hydrogen-bond donors (Lipinski definition) is 2. The van der Waals surface area contributed by atoms with E-state index in [9.17, 15) is 0 Å². The van der Waals surface area contributed by atoms with Crippen LogP contribution in [0.5, 0.6) is 0 Å². The van der Waals surface area contributed by atoms with Crippen molar-refractivity contribution in [1.29, 1.82) is 0 Å². The molecule has 2 heteroatoms. The molecule has 4 aliphatic carbocycles. The molecule has 66 heavy (non-hydrogen) atoms. The molecule has 0 heterocycles. The van der Waals surface area contributed by atoms with Crippen molar-refractivity contribution in [1.82, 2.24) is 0 Å². The van der Waals surface area contributed by atoms with Crippen molar-refractivity contribution in [3.05, 3.63) is 160 Å². The van der Waals surface area contributed by atoms with Crippen LogP contribution in [-0.4, -0.2) is 12.1 Å². The Bertz CT molecular complexity index is 2170. The summed E-state index contributed by atoms with van der Waals surface area (Å²) >= 11 is 0. The van der Waals surface area contributed by atoms with Crippen LogP contribution in [0, 0.1) is 36.5 Å². The van der Waals surface area contributed by atoms with Gasteiger partial charge in [0.25, 0.3) is 0 Å². The summed E-state index contributed by atoms with van der Waals surface area (Å²) in [5, 5.41) is 7.84. The molecule has 3 aromatic carbocycles. The van der Waals surface area contributed by atoms with Crippen LogP contribution in [0.2, 0.25) is 0 Å². The highest BCUT2D eigenvalue weighted by Crippen LogP contribution is 2.50. The lowest BCUT2D eigenvalue weighted by Gasteiger charge is -2.42. The minimum atomic E-state index is 0.308. The minimum absolute atomic E-state index is 0.308. The van der Waals surface area contributed by atoms with Gasteiger partial charge in [-0.15, -0.1) is 0 Å². The highest BCUT2D eigenvalue weighted by Gasteiger charge is 2.38. The zero-order valence-electron chi connectivity index (χ0n) is 42.7. The maximum atomic E-state index is 3.95. The maximum Gasteiger partial charge on any atom is 0.0482 e. The van der Waals surface area contributed by atoms with E-state index in [2.05, 4.69) is 181 Å². The Labute approximate surface area is 403 Å². The lowest BCUT2D eigenvalue weighted by Crippen LogP contribution is -2.33. The highest BCUT2D eigenvalue weighted by atomic mass is 14.9. The SMILES string of the molecule is CCCCCCC1=CC(c2ccc(NC3C=CC(c4ccc(CC(C)C)cc4)=CC3)cc2C)C(CCCCCC)CC1C1CCC(Nc2ccc(C3C=CC(CC(C)C)=CC3)cc2)C=C1C. The van der Waals surface area contributed by atoms with Crippen molar-refractivity contribution < 1.29 is 0 Å². The van der Waals surface area contributed by atoms with Gasteiger partial charge >= 0.3 is 0 Å². The van der Waals surface area contributed by atoms with E-state index < -0.39 is 0 Å². The monoisotopic (exact) mass is 885 g/mol. The predicted octanol–water partition coefficient (Wildman–Crippen LogP) is 18.5. The number of allylic oxidation sites excluding steroid dienone is 9. The molecule has 354 valence electrons. The fourth-order valence-electron chi connectivity index (χ4n) is 12.0. The second-order valence-corrected chi connectivity index (χ2v) is 21.9. The molecule has 4 aliphatic rings. The van der Waals surface area contributed by atoms with Crippen molar-refractivity contribution in [3.8, 4) is 0 Å². The van der Waals surface area contributed by atoms with Crippen molar-refractivity contribution in [2.24, 2.45) is 29.6 Å². The first-order valence-electron chi connectivity index (χ1n) is 27.0. The average molecular weight is 885 g/mol. The molecular formula is C64H88N2. The van der Waals surface area contributed by atoms with E-state index in [1.807, 2.05) is 0 Å². The summed E-state index contributed by atoms with van der Waals surface area (Å²) < 4.78 is 0. The number of hydrogen-bond acceptors (Lipinski definition) is 2. The average Bonchev–Trinajstić information content (AvgIpc) is 3.30. The van der Waals surface area contributed by atoms with Gasteiger partial charge in [-0.05, 0) is 165 Å². The van der Waals surface area contributed by atoms with Gasteiger partial charge in [-0.3, -0.25) is 0 Å². The van der Waals surface area contributed by atoms with Crippen LogP contribution >= 0.6 is 0 Å². The molecule has 0 bridgehead atoms. The standard InChI is InChI=1S/C64H88N2/c1-9-11-13-15-17-55-43-64(62-38-36-60(42-48(62)8)66-58-33-29-54(30-34-58)52-25-21-50(22-26-52)40-46(5)6)56(18-16-14-12-10-2)44-63(55)61-37-35-59(41-47(61)7)65-57-31-27-53(28-32-57)51-23-19-49(20-24-51)39-45(3)4/h19-25,27-31,33-35,37,41-42,44-46,52,55,57,60,62-66H,9-18,26,32,36,38-40,43H2,1-8H3. The van der Waals surface area contributed by atoms with Crippen LogP contribution in [0.25, 0.3) is 5.57 Å². The summed E-state index contributed by atoms with van der Waals surface area (Å²) in [6, 6.07) is 26.6. The zero-order valence-corrected chi connectivity index (χ0v) is 42.7. The Morgan fingerprint density at radius 1 is 0.636 bits per heavy atom. The quantitative estimate of drug-likeness (QED) is 0.0776. The first-order chi connectivity index (χ1) is 32.1. The zero-order chi connectivity index (χ0) is 46.4. The molecule has 0 saturated carbocycles. The Hall–Kier alpha value is -4.30. The van der Waals surface area contributed by atoms with E-state index in [0.717, 1.165) is 19.3 Å². The van der Waals surface area contributed by atoms with Crippen LogP contribution < -0.4 is 10.6 Å². The molecule has 0 saturated heterocycles. The fraction of sp³-hybridized carbons (Fsp3) is 0.531. The van der Waals surface area contributed by atoms with Gasteiger partial charge in [0.1, 0.15) is 0 Å². The number of benzene rings is 3.